The number of anilines is 1. The number of amides is 1. The summed E-state index contributed by atoms with van der Waals surface area (Å²) < 4.78 is 0. The van der Waals surface area contributed by atoms with Gasteiger partial charge in [0.25, 0.3) is 0 Å². The van der Waals surface area contributed by atoms with Gasteiger partial charge in [0.15, 0.2) is 5.78 Å². The summed E-state index contributed by atoms with van der Waals surface area (Å²) in [6, 6.07) is 14.5. The zero-order chi connectivity index (χ0) is 16.2. The van der Waals surface area contributed by atoms with Gasteiger partial charge in [0.1, 0.15) is 0 Å². The number of benzene rings is 2. The number of nitrogens with zero attached hydrogens (tertiary/aromatic N) is 1. The minimum absolute atomic E-state index is 0.0894. The van der Waals surface area contributed by atoms with Crippen LogP contribution in [-0.2, 0) is 4.79 Å². The van der Waals surface area contributed by atoms with E-state index in [1.807, 2.05) is 24.3 Å². The number of carbonyl (C=O) groups excluding carboxylic acids is 2. The van der Waals surface area contributed by atoms with Gasteiger partial charge in [0, 0.05) is 29.2 Å². The van der Waals surface area contributed by atoms with Crippen molar-refractivity contribution in [3.63, 3.8) is 0 Å². The Kier molecular flexibility index (Phi) is 4.58. The van der Waals surface area contributed by atoms with E-state index < -0.39 is 0 Å². The summed E-state index contributed by atoms with van der Waals surface area (Å²) in [5, 5.41) is 0.663. The first-order valence-corrected chi connectivity index (χ1v) is 7.90. The molecule has 0 aromatic heterocycles. The highest BCUT2D eigenvalue weighted by atomic mass is 35.5. The van der Waals surface area contributed by atoms with Crippen molar-refractivity contribution in [3.8, 4) is 0 Å². The van der Waals surface area contributed by atoms with E-state index in [9.17, 15) is 9.59 Å². The first kappa shape index (κ1) is 15.5. The van der Waals surface area contributed by atoms with Gasteiger partial charge in [-0.2, -0.15) is 0 Å². The lowest BCUT2D eigenvalue weighted by atomic mass is 10.1. The highest BCUT2D eigenvalue weighted by Crippen LogP contribution is 2.22. The Morgan fingerprint density at radius 2 is 1.91 bits per heavy atom. The Hall–Kier alpha value is -2.39. The molecule has 2 aromatic rings. The van der Waals surface area contributed by atoms with Crippen LogP contribution in [0, 0.1) is 0 Å². The minimum atomic E-state index is -0.0894. The molecule has 23 heavy (non-hydrogen) atoms. The third-order valence-electron chi connectivity index (χ3n) is 3.81. The normalized spacial score (nSPS) is 14.7. The molecule has 1 saturated heterocycles. The number of ketones is 1. The number of rotatable bonds is 4. The number of allylic oxidation sites excluding steroid dienone is 1. The lowest BCUT2D eigenvalue weighted by molar-refractivity contribution is -0.117. The molecule has 1 fully saturated rings. The summed E-state index contributed by atoms with van der Waals surface area (Å²) in [5.41, 5.74) is 2.28. The average Bonchev–Trinajstić information content (AvgIpc) is 3.00. The number of halogens is 1. The van der Waals surface area contributed by atoms with Crippen LogP contribution < -0.4 is 4.90 Å². The molecule has 0 N–H and O–H groups in total. The van der Waals surface area contributed by atoms with Gasteiger partial charge in [-0.25, -0.2) is 0 Å². The second-order valence-corrected chi connectivity index (χ2v) is 5.88. The third kappa shape index (κ3) is 3.69. The van der Waals surface area contributed by atoms with E-state index in [0.29, 0.717) is 17.0 Å². The van der Waals surface area contributed by atoms with E-state index in [1.165, 1.54) is 6.08 Å². The van der Waals surface area contributed by atoms with Gasteiger partial charge in [0.05, 0.1) is 0 Å². The molecule has 2 aromatic carbocycles. The van der Waals surface area contributed by atoms with Crippen LogP contribution in [0.2, 0.25) is 5.02 Å². The smallest absolute Gasteiger partial charge is 0.227 e. The summed E-state index contributed by atoms with van der Waals surface area (Å²) in [4.78, 5) is 25.9. The molecule has 1 heterocycles. The van der Waals surface area contributed by atoms with Crippen molar-refractivity contribution in [1.82, 2.24) is 0 Å². The molecule has 1 amide bonds. The Labute approximate surface area is 140 Å². The first-order valence-electron chi connectivity index (χ1n) is 7.52. The molecular weight excluding hydrogens is 310 g/mol. The van der Waals surface area contributed by atoms with Crippen molar-refractivity contribution < 1.29 is 9.59 Å². The van der Waals surface area contributed by atoms with E-state index >= 15 is 0 Å². The van der Waals surface area contributed by atoms with E-state index in [2.05, 4.69) is 0 Å². The van der Waals surface area contributed by atoms with E-state index in [1.54, 1.807) is 35.2 Å². The second kappa shape index (κ2) is 6.80. The van der Waals surface area contributed by atoms with Crippen LogP contribution in [0.25, 0.3) is 6.08 Å². The zero-order valence-corrected chi connectivity index (χ0v) is 13.3. The average molecular weight is 326 g/mol. The van der Waals surface area contributed by atoms with E-state index in [4.69, 9.17) is 11.6 Å². The highest BCUT2D eigenvalue weighted by Gasteiger charge is 2.21. The van der Waals surface area contributed by atoms with Crippen molar-refractivity contribution >= 4 is 35.1 Å². The van der Waals surface area contributed by atoms with Crippen molar-refractivity contribution in [2.24, 2.45) is 0 Å². The van der Waals surface area contributed by atoms with Crippen LogP contribution in [0.3, 0.4) is 0 Å². The van der Waals surface area contributed by atoms with Crippen LogP contribution in [0.5, 0.6) is 0 Å². The summed E-state index contributed by atoms with van der Waals surface area (Å²) in [7, 11) is 0. The molecule has 4 heteroatoms. The SMILES string of the molecule is O=C(/C=C/c1ccc(Cl)cc1)c1cccc(N2CCCC2=O)c1. The van der Waals surface area contributed by atoms with Gasteiger partial charge in [-0.1, -0.05) is 41.9 Å². The van der Waals surface area contributed by atoms with Crippen molar-refractivity contribution in [2.75, 3.05) is 11.4 Å². The minimum Gasteiger partial charge on any atom is -0.312 e. The highest BCUT2D eigenvalue weighted by molar-refractivity contribution is 6.30. The molecule has 3 nitrogen and oxygen atoms in total. The van der Waals surface area contributed by atoms with Crippen molar-refractivity contribution in [1.29, 1.82) is 0 Å². The molecule has 0 bridgehead atoms. The zero-order valence-electron chi connectivity index (χ0n) is 12.5. The molecule has 0 saturated carbocycles. The Bertz CT molecular complexity index is 765. The van der Waals surface area contributed by atoms with Gasteiger partial charge < -0.3 is 4.90 Å². The summed E-state index contributed by atoms with van der Waals surface area (Å²) in [5.74, 6) is 0.0275. The molecule has 1 aliphatic rings. The predicted molar refractivity (Wildman–Crippen MR) is 92.8 cm³/mol. The van der Waals surface area contributed by atoms with Gasteiger partial charge in [-0.05, 0) is 42.3 Å². The van der Waals surface area contributed by atoms with Crippen LogP contribution in [0.15, 0.2) is 54.6 Å². The standard InChI is InChI=1S/C19H16ClNO2/c20-16-9-6-14(7-10-16)8-11-18(22)15-3-1-4-17(13-15)21-12-2-5-19(21)23/h1,3-4,6-11,13H,2,5,12H2/b11-8+. The van der Waals surface area contributed by atoms with Crippen LogP contribution in [0.4, 0.5) is 5.69 Å². The Morgan fingerprint density at radius 3 is 2.61 bits per heavy atom. The molecular formula is C19H16ClNO2. The van der Waals surface area contributed by atoms with Crippen LogP contribution in [0.1, 0.15) is 28.8 Å². The fourth-order valence-electron chi connectivity index (χ4n) is 2.59. The maximum atomic E-state index is 12.3. The van der Waals surface area contributed by atoms with Crippen LogP contribution >= 0.6 is 11.6 Å². The quantitative estimate of drug-likeness (QED) is 0.618. The number of hydrogen-bond donors (Lipinski definition) is 0. The van der Waals surface area contributed by atoms with E-state index in [-0.39, 0.29) is 11.7 Å². The molecule has 0 aliphatic carbocycles. The van der Waals surface area contributed by atoms with Crippen molar-refractivity contribution in [3.05, 3.63) is 70.8 Å². The maximum Gasteiger partial charge on any atom is 0.227 e. The monoisotopic (exact) mass is 325 g/mol. The Balaban J connectivity index is 1.77. The molecule has 3 rings (SSSR count). The van der Waals surface area contributed by atoms with Gasteiger partial charge in [-0.3, -0.25) is 9.59 Å². The van der Waals surface area contributed by atoms with Gasteiger partial charge >= 0.3 is 0 Å². The fourth-order valence-corrected chi connectivity index (χ4v) is 2.72. The van der Waals surface area contributed by atoms with Crippen molar-refractivity contribution in [2.45, 2.75) is 12.8 Å². The Morgan fingerprint density at radius 1 is 1.13 bits per heavy atom. The molecule has 0 radical (unpaired) electrons. The van der Waals surface area contributed by atoms with E-state index in [0.717, 1.165) is 24.2 Å². The molecule has 116 valence electrons. The summed E-state index contributed by atoms with van der Waals surface area (Å²) in [6.45, 7) is 0.719. The second-order valence-electron chi connectivity index (χ2n) is 5.45. The lowest BCUT2D eigenvalue weighted by Gasteiger charge is -2.16. The largest absolute Gasteiger partial charge is 0.312 e. The molecule has 0 spiro atoms. The third-order valence-corrected chi connectivity index (χ3v) is 4.06. The predicted octanol–water partition coefficient (Wildman–Crippen LogP) is 4.36. The topological polar surface area (TPSA) is 37.4 Å². The summed E-state index contributed by atoms with van der Waals surface area (Å²) >= 11 is 5.84. The molecule has 0 atom stereocenters. The number of hydrogen-bond acceptors (Lipinski definition) is 2. The first-order chi connectivity index (χ1) is 11.1. The molecule has 0 unspecified atom stereocenters. The fraction of sp³-hybridized carbons (Fsp3) is 0.158. The van der Waals surface area contributed by atoms with Crippen LogP contribution in [-0.4, -0.2) is 18.2 Å². The van der Waals surface area contributed by atoms with Gasteiger partial charge in [0.2, 0.25) is 5.91 Å². The lowest BCUT2D eigenvalue weighted by Crippen LogP contribution is -2.23. The van der Waals surface area contributed by atoms with Gasteiger partial charge in [-0.15, -0.1) is 0 Å². The summed E-state index contributed by atoms with van der Waals surface area (Å²) in [6.07, 6.45) is 4.74. The number of carbonyl (C=O) groups is 2. The molecule has 1 aliphatic heterocycles. The maximum absolute atomic E-state index is 12.3.